The first-order chi connectivity index (χ1) is 13.1. The Morgan fingerprint density at radius 3 is 2.70 bits per heavy atom. The minimum Gasteiger partial charge on any atom is -0.462 e. The largest absolute Gasteiger partial charge is 0.462 e. The second-order valence-corrected chi connectivity index (χ2v) is 6.85. The predicted octanol–water partition coefficient (Wildman–Crippen LogP) is 3.75. The van der Waals surface area contributed by atoms with Crippen LogP contribution >= 0.6 is 0 Å². The smallest absolute Gasteiger partial charge is 0.338 e. The van der Waals surface area contributed by atoms with Crippen molar-refractivity contribution in [3.05, 3.63) is 53.7 Å². The van der Waals surface area contributed by atoms with Crippen LogP contribution in [-0.2, 0) is 4.74 Å². The minimum atomic E-state index is -0.370. The minimum absolute atomic E-state index is 0.201. The number of nitrogens with one attached hydrogen (secondary N) is 1. The lowest BCUT2D eigenvalue weighted by atomic mass is 10.0. The number of carbonyl (C=O) groups is 2. The highest BCUT2D eigenvalue weighted by Gasteiger charge is 2.18. The Hall–Kier alpha value is -2.89. The maximum absolute atomic E-state index is 12.6. The second-order valence-electron chi connectivity index (χ2n) is 6.85. The van der Waals surface area contributed by atoms with E-state index in [2.05, 4.69) is 22.1 Å². The molecule has 1 aromatic carbocycles. The van der Waals surface area contributed by atoms with Crippen LogP contribution in [0, 0.1) is 5.92 Å². The van der Waals surface area contributed by atoms with E-state index in [9.17, 15) is 9.59 Å². The van der Waals surface area contributed by atoms with E-state index in [4.69, 9.17) is 4.74 Å². The van der Waals surface area contributed by atoms with Crippen molar-refractivity contribution in [3.8, 4) is 0 Å². The lowest BCUT2D eigenvalue weighted by Crippen LogP contribution is -2.34. The van der Waals surface area contributed by atoms with Crippen LogP contribution in [0.15, 0.2) is 42.6 Å². The predicted molar refractivity (Wildman–Crippen MR) is 105 cm³/mol. The molecule has 1 saturated heterocycles. The molecule has 1 N–H and O–H groups in total. The highest BCUT2D eigenvalue weighted by atomic mass is 16.5. The number of rotatable bonds is 5. The molecule has 1 aromatic heterocycles. The monoisotopic (exact) mass is 367 g/mol. The Kier molecular flexibility index (Phi) is 6.06. The average Bonchev–Trinajstić information content (AvgIpc) is 2.69. The van der Waals surface area contributed by atoms with Crippen LogP contribution in [0.3, 0.4) is 0 Å². The molecule has 1 fully saturated rings. The molecule has 0 bridgehead atoms. The molecule has 1 atom stereocenters. The van der Waals surface area contributed by atoms with Gasteiger partial charge in [-0.25, -0.2) is 9.78 Å². The Morgan fingerprint density at radius 2 is 2.00 bits per heavy atom. The normalized spacial score (nSPS) is 16.7. The van der Waals surface area contributed by atoms with E-state index < -0.39 is 0 Å². The number of pyridine rings is 1. The summed E-state index contributed by atoms with van der Waals surface area (Å²) in [6.45, 7) is 6.27. The van der Waals surface area contributed by atoms with Crippen LogP contribution in [0.2, 0.25) is 0 Å². The van der Waals surface area contributed by atoms with Crippen molar-refractivity contribution in [1.82, 2.24) is 4.98 Å². The zero-order chi connectivity index (χ0) is 19.2. The van der Waals surface area contributed by atoms with E-state index in [0.29, 0.717) is 29.3 Å². The van der Waals surface area contributed by atoms with Crippen LogP contribution in [0.1, 0.15) is 47.4 Å². The van der Waals surface area contributed by atoms with E-state index in [1.54, 1.807) is 43.5 Å². The summed E-state index contributed by atoms with van der Waals surface area (Å²) in [6.07, 6.45) is 4.05. The van der Waals surface area contributed by atoms with Gasteiger partial charge in [0.25, 0.3) is 5.91 Å². The Morgan fingerprint density at radius 1 is 1.22 bits per heavy atom. The third kappa shape index (κ3) is 4.84. The van der Waals surface area contributed by atoms with E-state index in [1.165, 1.54) is 6.42 Å². The number of carbonyl (C=O) groups excluding carboxylic acids is 2. The fourth-order valence-corrected chi connectivity index (χ4v) is 3.24. The molecule has 0 aliphatic carbocycles. The van der Waals surface area contributed by atoms with Gasteiger partial charge in [0.2, 0.25) is 0 Å². The number of hydrogen-bond acceptors (Lipinski definition) is 5. The van der Waals surface area contributed by atoms with Crippen molar-refractivity contribution in [3.63, 3.8) is 0 Å². The third-order valence-corrected chi connectivity index (χ3v) is 4.64. The molecule has 1 amide bonds. The van der Waals surface area contributed by atoms with Crippen molar-refractivity contribution in [2.24, 2.45) is 5.92 Å². The molecule has 6 heteroatoms. The Labute approximate surface area is 159 Å². The molecule has 0 saturated carbocycles. The molecule has 0 spiro atoms. The van der Waals surface area contributed by atoms with Gasteiger partial charge < -0.3 is 15.0 Å². The lowest BCUT2D eigenvalue weighted by molar-refractivity contribution is 0.0526. The highest BCUT2D eigenvalue weighted by Crippen LogP contribution is 2.22. The zero-order valence-corrected chi connectivity index (χ0v) is 15.8. The number of benzene rings is 1. The number of hydrogen-bond donors (Lipinski definition) is 1. The topological polar surface area (TPSA) is 71.5 Å². The van der Waals surface area contributed by atoms with Gasteiger partial charge in [0.1, 0.15) is 5.82 Å². The summed E-state index contributed by atoms with van der Waals surface area (Å²) in [4.78, 5) is 30.9. The standard InChI is InChI=1S/C21H25N3O3/c1-3-27-21(26)16-6-8-18(9-7-16)23-20(25)17-10-11-22-19(13-17)24-12-4-5-15(2)14-24/h6-11,13,15H,3-5,12,14H2,1-2H3,(H,23,25). The molecule has 1 aliphatic rings. The fourth-order valence-electron chi connectivity index (χ4n) is 3.24. The first kappa shape index (κ1) is 18.9. The summed E-state index contributed by atoms with van der Waals surface area (Å²) in [5, 5.41) is 2.86. The molecule has 142 valence electrons. The average molecular weight is 367 g/mol. The van der Waals surface area contributed by atoms with Gasteiger partial charge in [-0.05, 0) is 62.1 Å². The number of ether oxygens (including phenoxy) is 1. The number of amides is 1. The van der Waals surface area contributed by atoms with Crippen LogP contribution in [0.5, 0.6) is 0 Å². The van der Waals surface area contributed by atoms with E-state index in [-0.39, 0.29) is 11.9 Å². The molecule has 2 heterocycles. The molecular formula is C21H25N3O3. The van der Waals surface area contributed by atoms with Gasteiger partial charge in [-0.1, -0.05) is 6.92 Å². The number of piperidine rings is 1. The Balaban J connectivity index is 1.67. The lowest BCUT2D eigenvalue weighted by Gasteiger charge is -2.31. The van der Waals surface area contributed by atoms with Gasteiger partial charge in [0, 0.05) is 30.5 Å². The molecule has 1 unspecified atom stereocenters. The van der Waals surface area contributed by atoms with Crippen LogP contribution in [-0.4, -0.2) is 36.6 Å². The first-order valence-corrected chi connectivity index (χ1v) is 9.36. The van der Waals surface area contributed by atoms with E-state index in [1.807, 2.05) is 6.07 Å². The molecule has 1 aliphatic heterocycles. The van der Waals surface area contributed by atoms with Crippen molar-refractivity contribution in [2.45, 2.75) is 26.7 Å². The molecule has 6 nitrogen and oxygen atoms in total. The van der Waals surface area contributed by atoms with Gasteiger partial charge in [-0.15, -0.1) is 0 Å². The van der Waals surface area contributed by atoms with Gasteiger partial charge in [0.15, 0.2) is 0 Å². The number of anilines is 2. The molecular weight excluding hydrogens is 342 g/mol. The van der Waals surface area contributed by atoms with Crippen molar-refractivity contribution in [1.29, 1.82) is 0 Å². The maximum atomic E-state index is 12.6. The van der Waals surface area contributed by atoms with E-state index in [0.717, 1.165) is 25.3 Å². The van der Waals surface area contributed by atoms with Crippen molar-refractivity contribution in [2.75, 3.05) is 29.9 Å². The summed E-state index contributed by atoms with van der Waals surface area (Å²) in [5.41, 5.74) is 1.64. The highest BCUT2D eigenvalue weighted by molar-refractivity contribution is 6.04. The van der Waals surface area contributed by atoms with Crippen LogP contribution in [0.4, 0.5) is 11.5 Å². The maximum Gasteiger partial charge on any atom is 0.338 e. The zero-order valence-electron chi connectivity index (χ0n) is 15.8. The van der Waals surface area contributed by atoms with Gasteiger partial charge in [0.05, 0.1) is 12.2 Å². The number of esters is 1. The van der Waals surface area contributed by atoms with Crippen LogP contribution < -0.4 is 10.2 Å². The molecule has 2 aromatic rings. The molecule has 0 radical (unpaired) electrons. The quantitative estimate of drug-likeness (QED) is 0.815. The first-order valence-electron chi connectivity index (χ1n) is 9.36. The summed E-state index contributed by atoms with van der Waals surface area (Å²) < 4.78 is 4.96. The SMILES string of the molecule is CCOC(=O)c1ccc(NC(=O)c2ccnc(N3CCCC(C)C3)c2)cc1. The van der Waals surface area contributed by atoms with Gasteiger partial charge in [-0.2, -0.15) is 0 Å². The Bertz CT molecular complexity index is 805. The van der Waals surface area contributed by atoms with Crippen molar-refractivity contribution >= 4 is 23.4 Å². The fraction of sp³-hybridized carbons (Fsp3) is 0.381. The third-order valence-electron chi connectivity index (χ3n) is 4.64. The van der Waals surface area contributed by atoms with Crippen LogP contribution in [0.25, 0.3) is 0 Å². The number of aromatic nitrogens is 1. The van der Waals surface area contributed by atoms with Gasteiger partial charge in [-0.3, -0.25) is 4.79 Å². The van der Waals surface area contributed by atoms with E-state index >= 15 is 0 Å². The van der Waals surface area contributed by atoms with Crippen molar-refractivity contribution < 1.29 is 14.3 Å². The summed E-state index contributed by atoms with van der Waals surface area (Å²) in [6, 6.07) is 10.2. The molecule has 27 heavy (non-hydrogen) atoms. The number of nitrogens with zero attached hydrogens (tertiary/aromatic N) is 2. The summed E-state index contributed by atoms with van der Waals surface area (Å²) in [7, 11) is 0. The summed E-state index contributed by atoms with van der Waals surface area (Å²) >= 11 is 0. The molecule has 3 rings (SSSR count). The second kappa shape index (κ2) is 8.66. The van der Waals surface area contributed by atoms with Gasteiger partial charge >= 0.3 is 5.97 Å². The summed E-state index contributed by atoms with van der Waals surface area (Å²) in [5.74, 6) is 0.903.